The second-order valence-corrected chi connectivity index (χ2v) is 11.0. The second-order valence-electron chi connectivity index (χ2n) is 10.6. The summed E-state index contributed by atoms with van der Waals surface area (Å²) in [5, 5.41) is 17.8. The highest BCUT2D eigenvalue weighted by Crippen LogP contribution is 2.38. The van der Waals surface area contributed by atoms with Crippen molar-refractivity contribution in [3.8, 4) is 11.8 Å². The molecule has 0 aliphatic carbocycles. The maximum absolute atomic E-state index is 15.4. The molecule has 0 bridgehead atoms. The quantitative estimate of drug-likeness (QED) is 0.407. The minimum Gasteiger partial charge on any atom is -0.497 e. The van der Waals surface area contributed by atoms with Crippen molar-refractivity contribution in [1.29, 1.82) is 5.26 Å². The third-order valence-corrected chi connectivity index (χ3v) is 8.45. The summed E-state index contributed by atoms with van der Waals surface area (Å²) < 4.78 is 25.7. The van der Waals surface area contributed by atoms with E-state index in [1.807, 2.05) is 23.1 Å². The van der Waals surface area contributed by atoms with Gasteiger partial charge in [-0.25, -0.2) is 9.18 Å². The van der Waals surface area contributed by atoms with Crippen LogP contribution < -0.4 is 9.64 Å². The average molecular weight is 607 g/mol. The first-order valence-electron chi connectivity index (χ1n) is 14.0. The van der Waals surface area contributed by atoms with Gasteiger partial charge >= 0.3 is 6.09 Å². The third kappa shape index (κ3) is 6.49. The van der Waals surface area contributed by atoms with Crippen LogP contribution in [0.5, 0.6) is 5.75 Å². The van der Waals surface area contributed by atoms with Crippen molar-refractivity contribution in [3.05, 3.63) is 82.3 Å². The molecule has 224 valence electrons. The van der Waals surface area contributed by atoms with E-state index in [4.69, 9.17) is 26.3 Å². The van der Waals surface area contributed by atoms with Crippen molar-refractivity contribution < 1.29 is 23.5 Å². The number of nitrogens with zero attached hydrogens (tertiary/aromatic N) is 6. The fourth-order valence-corrected chi connectivity index (χ4v) is 6.12. The van der Waals surface area contributed by atoms with Crippen molar-refractivity contribution in [3.63, 3.8) is 0 Å². The second kappa shape index (κ2) is 13.3. The zero-order valence-corrected chi connectivity index (χ0v) is 24.7. The van der Waals surface area contributed by atoms with E-state index in [1.165, 1.54) is 20.3 Å². The number of carbonyl (C=O) groups excluding carboxylic acids is 2. The maximum Gasteiger partial charge on any atom is 0.410 e. The monoisotopic (exact) mass is 606 g/mol. The molecule has 0 radical (unpaired) electrons. The van der Waals surface area contributed by atoms with Crippen molar-refractivity contribution >= 4 is 29.4 Å². The van der Waals surface area contributed by atoms with Gasteiger partial charge in [0.05, 0.1) is 26.2 Å². The molecule has 2 aliphatic rings. The molecule has 0 saturated carbocycles. The Kier molecular flexibility index (Phi) is 9.26. The normalized spacial score (nSPS) is 20.6. The van der Waals surface area contributed by atoms with Crippen molar-refractivity contribution in [2.24, 2.45) is 5.92 Å². The largest absolute Gasteiger partial charge is 0.497 e. The Hall–Kier alpha value is -4.43. The molecule has 3 heterocycles. The number of benzene rings is 2. The highest BCUT2D eigenvalue weighted by atomic mass is 35.5. The molecule has 5 rings (SSSR count). The van der Waals surface area contributed by atoms with Crippen LogP contribution in [0.25, 0.3) is 0 Å². The summed E-state index contributed by atoms with van der Waals surface area (Å²) >= 11 is 6.09. The Bertz CT molecular complexity index is 1500. The molecule has 43 heavy (non-hydrogen) atoms. The zero-order valence-electron chi connectivity index (χ0n) is 24.0. The first-order chi connectivity index (χ1) is 20.8. The summed E-state index contributed by atoms with van der Waals surface area (Å²) in [5.74, 6) is -0.745. The van der Waals surface area contributed by atoms with Gasteiger partial charge < -0.3 is 19.3 Å². The number of aromatic nitrogens is 2. The summed E-state index contributed by atoms with van der Waals surface area (Å²) in [6, 6.07) is 17.0. The molecular formula is C31H32ClFN6O4. The molecule has 3 aromatic rings. The lowest BCUT2D eigenvalue weighted by atomic mass is 9.87. The van der Waals surface area contributed by atoms with E-state index in [9.17, 15) is 9.59 Å². The highest BCUT2D eigenvalue weighted by Gasteiger charge is 2.42. The summed E-state index contributed by atoms with van der Waals surface area (Å²) in [4.78, 5) is 32.4. The molecule has 2 saturated heterocycles. The Balaban J connectivity index is 1.40. The van der Waals surface area contributed by atoms with Crippen LogP contribution in [0.15, 0.2) is 54.6 Å². The fraction of sp³-hybridized carbons (Fsp3) is 0.387. The number of amides is 2. The van der Waals surface area contributed by atoms with Crippen LogP contribution in [0.4, 0.5) is 15.0 Å². The molecular weight excluding hydrogens is 575 g/mol. The van der Waals surface area contributed by atoms with Gasteiger partial charge in [-0.3, -0.25) is 9.69 Å². The van der Waals surface area contributed by atoms with Crippen molar-refractivity contribution in [1.82, 2.24) is 20.0 Å². The van der Waals surface area contributed by atoms with E-state index in [-0.39, 0.29) is 24.2 Å². The number of hydrogen-bond acceptors (Lipinski definition) is 8. The molecule has 1 aromatic heterocycles. The van der Waals surface area contributed by atoms with Crippen molar-refractivity contribution in [2.45, 2.75) is 24.8 Å². The van der Waals surface area contributed by atoms with Crippen LogP contribution in [0.3, 0.4) is 0 Å². The first kappa shape index (κ1) is 30.0. The van der Waals surface area contributed by atoms with E-state index in [0.717, 1.165) is 5.56 Å². The molecule has 0 N–H and O–H groups in total. The fourth-order valence-electron chi connectivity index (χ4n) is 5.99. The summed E-state index contributed by atoms with van der Waals surface area (Å²) in [6.45, 7) is 1.68. The molecule has 2 amide bonds. The molecule has 12 heteroatoms. The highest BCUT2D eigenvalue weighted by molar-refractivity contribution is 6.30. The van der Waals surface area contributed by atoms with Gasteiger partial charge in [0.1, 0.15) is 17.6 Å². The predicted molar refractivity (Wildman–Crippen MR) is 157 cm³/mol. The Morgan fingerprint density at radius 3 is 2.47 bits per heavy atom. The number of halogens is 2. The Morgan fingerprint density at radius 2 is 1.81 bits per heavy atom. The molecule has 3 atom stereocenters. The summed E-state index contributed by atoms with van der Waals surface area (Å²) in [6.07, 6.45) is 0.791. The zero-order chi connectivity index (χ0) is 30.5. The number of carbonyl (C=O) groups is 2. The van der Waals surface area contributed by atoms with Gasteiger partial charge in [-0.1, -0.05) is 29.8 Å². The molecule has 2 fully saturated rings. The topological polar surface area (TPSA) is 112 Å². The van der Waals surface area contributed by atoms with Crippen LogP contribution in [-0.2, 0) is 9.53 Å². The van der Waals surface area contributed by atoms with Gasteiger partial charge in [-0.15, -0.1) is 10.2 Å². The van der Waals surface area contributed by atoms with Crippen LogP contribution in [0.2, 0.25) is 5.02 Å². The molecule has 2 aliphatic heterocycles. The number of methoxy groups -OCH3 is 2. The number of hydrogen-bond donors (Lipinski definition) is 0. The first-order valence-corrected chi connectivity index (χ1v) is 14.4. The molecule has 2 aromatic carbocycles. The minimum absolute atomic E-state index is 0.126. The van der Waals surface area contributed by atoms with Crippen LogP contribution in [0, 0.1) is 23.1 Å². The Morgan fingerprint density at radius 1 is 1.02 bits per heavy atom. The minimum atomic E-state index is -0.585. The number of rotatable bonds is 5. The lowest BCUT2D eigenvalue weighted by Gasteiger charge is -2.37. The number of nitriles is 1. The van der Waals surface area contributed by atoms with E-state index < -0.39 is 23.7 Å². The molecule has 0 spiro atoms. The van der Waals surface area contributed by atoms with Gasteiger partial charge in [0, 0.05) is 49.7 Å². The third-order valence-electron chi connectivity index (χ3n) is 8.20. The number of ether oxygens (including phenoxy) is 2. The van der Waals surface area contributed by atoms with E-state index >= 15 is 4.39 Å². The lowest BCUT2D eigenvalue weighted by molar-refractivity contribution is -0.136. The summed E-state index contributed by atoms with van der Waals surface area (Å²) in [7, 11) is 2.81. The van der Waals surface area contributed by atoms with Crippen LogP contribution in [0.1, 0.15) is 41.6 Å². The molecule has 2 unspecified atom stereocenters. The average Bonchev–Trinajstić information content (AvgIpc) is 3.46. The van der Waals surface area contributed by atoms with E-state index in [2.05, 4.69) is 10.2 Å². The predicted octanol–water partition coefficient (Wildman–Crippen LogP) is 4.80. The summed E-state index contributed by atoms with van der Waals surface area (Å²) in [5.41, 5.74) is 1.54. The maximum atomic E-state index is 15.4. The van der Waals surface area contributed by atoms with Gasteiger partial charge in [0.2, 0.25) is 5.91 Å². The van der Waals surface area contributed by atoms with Gasteiger partial charge in [-0.2, -0.15) is 5.26 Å². The van der Waals surface area contributed by atoms with E-state index in [1.54, 1.807) is 46.2 Å². The van der Waals surface area contributed by atoms with Gasteiger partial charge in [-0.05, 0) is 54.3 Å². The SMILES string of the molecule is COC(=O)N1CCN(C(=O)C2CN(c3ccc(C#N)nn3)CC2c2ccc(OC)cc2F)CCC[C@H]1c1ccc(Cl)cc1. The van der Waals surface area contributed by atoms with Crippen molar-refractivity contribution in [2.75, 3.05) is 51.8 Å². The van der Waals surface area contributed by atoms with Gasteiger partial charge in [0.25, 0.3) is 0 Å². The Labute approximate surface area is 254 Å². The van der Waals surface area contributed by atoms with Gasteiger partial charge in [0.15, 0.2) is 11.5 Å². The molecule has 10 nitrogen and oxygen atoms in total. The number of anilines is 1. The standard InChI is InChI=1S/C31H32ClFN6O4/c1-42-23-10-11-24(27(33)16-23)25-18-38(29-12-9-22(17-34)35-36-29)19-26(25)30(40)37-13-3-4-28(20-5-7-21(32)8-6-20)39(15-14-37)31(41)43-2/h5-12,16,25-26,28H,3-4,13-15,18-19H2,1-2H3/t25?,26?,28-/m0/s1. The van der Waals surface area contributed by atoms with Crippen LogP contribution >= 0.6 is 11.6 Å². The van der Waals surface area contributed by atoms with E-state index in [0.29, 0.717) is 61.2 Å². The lowest BCUT2D eigenvalue weighted by Crippen LogP contribution is -2.47. The smallest absolute Gasteiger partial charge is 0.410 e. The van der Waals surface area contributed by atoms with Crippen LogP contribution in [-0.4, -0.2) is 78.9 Å².